The molecule has 0 aliphatic rings. The molecule has 0 bridgehead atoms. The maximum atomic E-state index is 8.47. The molecule has 0 aliphatic carbocycles. The van der Waals surface area contributed by atoms with Crippen LogP contribution in [0.1, 0.15) is 22.3 Å². The smallest absolute Gasteiger partial charge is 0.0994 e. The lowest BCUT2D eigenvalue weighted by Gasteiger charge is -1.90. The highest BCUT2D eigenvalue weighted by Gasteiger charge is 1.90. The predicted molar refractivity (Wildman–Crippen MR) is 71.8 cm³/mol. The van der Waals surface area contributed by atoms with Crippen LogP contribution in [0.5, 0.6) is 0 Å². The number of nitriles is 2. The van der Waals surface area contributed by atoms with Crippen molar-refractivity contribution in [3.05, 3.63) is 70.8 Å². The summed E-state index contributed by atoms with van der Waals surface area (Å²) < 4.78 is 0. The van der Waals surface area contributed by atoms with E-state index < -0.39 is 0 Å². The van der Waals surface area contributed by atoms with Crippen LogP contribution in [0.2, 0.25) is 0 Å². The van der Waals surface area contributed by atoms with Crippen LogP contribution in [0.3, 0.4) is 0 Å². The molecule has 0 aliphatic heterocycles. The van der Waals surface area contributed by atoms with Gasteiger partial charge in [0.05, 0.1) is 23.3 Å². The fourth-order valence-electron chi connectivity index (χ4n) is 1.40. The van der Waals surface area contributed by atoms with Gasteiger partial charge in [-0.2, -0.15) is 10.5 Å². The van der Waals surface area contributed by atoms with Gasteiger partial charge in [-0.15, -0.1) is 0 Å². The summed E-state index contributed by atoms with van der Waals surface area (Å²) >= 11 is 0. The van der Waals surface area contributed by atoms with Crippen LogP contribution in [0.25, 0.3) is 0 Å². The van der Waals surface area contributed by atoms with Gasteiger partial charge in [-0.1, -0.05) is 36.4 Å². The van der Waals surface area contributed by atoms with E-state index in [4.69, 9.17) is 10.5 Å². The highest BCUT2D eigenvalue weighted by molar-refractivity contribution is 5.36. The Morgan fingerprint density at radius 1 is 0.667 bits per heavy atom. The van der Waals surface area contributed by atoms with Gasteiger partial charge < -0.3 is 0 Å². The molecule has 2 rings (SSSR count). The van der Waals surface area contributed by atoms with Crippen molar-refractivity contribution in [1.82, 2.24) is 0 Å². The second-order valence-corrected chi connectivity index (χ2v) is 3.85. The van der Waals surface area contributed by atoms with E-state index in [1.807, 2.05) is 62.4 Å². The van der Waals surface area contributed by atoms with Crippen molar-refractivity contribution in [2.45, 2.75) is 13.8 Å². The molecule has 0 aromatic heterocycles. The average Bonchev–Trinajstić information content (AvgIpc) is 2.41. The van der Waals surface area contributed by atoms with Crippen molar-refractivity contribution in [1.29, 1.82) is 10.5 Å². The van der Waals surface area contributed by atoms with E-state index in [2.05, 4.69) is 12.1 Å². The van der Waals surface area contributed by atoms with Crippen molar-refractivity contribution >= 4 is 0 Å². The average molecular weight is 234 g/mol. The molecule has 0 fully saturated rings. The monoisotopic (exact) mass is 234 g/mol. The van der Waals surface area contributed by atoms with E-state index in [0.717, 1.165) is 22.3 Å². The molecule has 2 aromatic carbocycles. The molecule has 0 spiro atoms. The van der Waals surface area contributed by atoms with Crippen molar-refractivity contribution in [2.75, 3.05) is 0 Å². The second-order valence-electron chi connectivity index (χ2n) is 3.85. The standard InChI is InChI=1S/2C8H7N/c2*1-7-4-2-3-5-8(7)6-9/h2*2-5H,1H3. The molecule has 2 nitrogen and oxygen atoms in total. The van der Waals surface area contributed by atoms with Gasteiger partial charge in [-0.05, 0) is 37.1 Å². The SMILES string of the molecule is Cc1ccccc1C#N.Cc1ccccc1C#N. The zero-order valence-electron chi connectivity index (χ0n) is 10.5. The molecule has 0 unspecified atom stereocenters. The molecule has 0 atom stereocenters. The minimum atomic E-state index is 0.762. The number of nitrogens with zero attached hydrogens (tertiary/aromatic N) is 2. The minimum absolute atomic E-state index is 0.762. The third kappa shape index (κ3) is 3.77. The fourth-order valence-corrected chi connectivity index (χ4v) is 1.40. The van der Waals surface area contributed by atoms with E-state index >= 15 is 0 Å². The molecule has 2 heteroatoms. The number of aryl methyl sites for hydroxylation is 2. The first kappa shape index (κ1) is 13.5. The Labute approximate surface area is 108 Å². The van der Waals surface area contributed by atoms with Crippen LogP contribution >= 0.6 is 0 Å². The van der Waals surface area contributed by atoms with E-state index in [-0.39, 0.29) is 0 Å². The third-order valence-electron chi connectivity index (χ3n) is 2.53. The molecule has 18 heavy (non-hydrogen) atoms. The Hall–Kier alpha value is -2.58. The lowest BCUT2D eigenvalue weighted by atomic mass is 10.1. The summed E-state index contributed by atoms with van der Waals surface area (Å²) in [6, 6.07) is 19.3. The van der Waals surface area contributed by atoms with Gasteiger partial charge in [0, 0.05) is 0 Å². The zero-order chi connectivity index (χ0) is 13.4. The Balaban J connectivity index is 0.000000180. The Bertz CT molecular complexity index is 545. The first-order valence-corrected chi connectivity index (χ1v) is 5.60. The van der Waals surface area contributed by atoms with E-state index in [0.29, 0.717) is 0 Å². The molecule has 0 heterocycles. The summed E-state index contributed by atoms with van der Waals surface area (Å²) in [6.07, 6.45) is 0. The van der Waals surface area contributed by atoms with Gasteiger partial charge in [0.25, 0.3) is 0 Å². The largest absolute Gasteiger partial charge is 0.192 e. The second kappa shape index (κ2) is 6.89. The molecule has 0 amide bonds. The number of hydrogen-bond donors (Lipinski definition) is 0. The van der Waals surface area contributed by atoms with E-state index in [1.165, 1.54) is 0 Å². The van der Waals surface area contributed by atoms with Crippen LogP contribution in [0.4, 0.5) is 0 Å². The summed E-state index contributed by atoms with van der Waals surface area (Å²) in [4.78, 5) is 0. The van der Waals surface area contributed by atoms with Crippen molar-refractivity contribution in [3.63, 3.8) is 0 Å². The van der Waals surface area contributed by atoms with Crippen LogP contribution in [0, 0.1) is 36.5 Å². The summed E-state index contributed by atoms with van der Waals surface area (Å²) in [7, 11) is 0. The van der Waals surface area contributed by atoms with Crippen LogP contribution in [-0.2, 0) is 0 Å². The van der Waals surface area contributed by atoms with Gasteiger partial charge in [0.2, 0.25) is 0 Å². The maximum Gasteiger partial charge on any atom is 0.0994 e. The Morgan fingerprint density at radius 3 is 1.22 bits per heavy atom. The molecular weight excluding hydrogens is 220 g/mol. The maximum absolute atomic E-state index is 8.47. The van der Waals surface area contributed by atoms with Crippen molar-refractivity contribution in [2.24, 2.45) is 0 Å². The van der Waals surface area contributed by atoms with Crippen LogP contribution in [-0.4, -0.2) is 0 Å². The van der Waals surface area contributed by atoms with Crippen molar-refractivity contribution in [3.8, 4) is 12.1 Å². The van der Waals surface area contributed by atoms with Gasteiger partial charge in [-0.3, -0.25) is 0 Å². The number of rotatable bonds is 0. The number of hydrogen-bond acceptors (Lipinski definition) is 2. The molecule has 0 radical (unpaired) electrons. The van der Waals surface area contributed by atoms with Crippen molar-refractivity contribution < 1.29 is 0 Å². The topological polar surface area (TPSA) is 47.6 Å². The van der Waals surface area contributed by atoms with Gasteiger partial charge in [-0.25, -0.2) is 0 Å². The molecule has 0 saturated heterocycles. The van der Waals surface area contributed by atoms with Gasteiger partial charge in [0.15, 0.2) is 0 Å². The minimum Gasteiger partial charge on any atom is -0.192 e. The molecule has 0 saturated carbocycles. The summed E-state index contributed by atoms with van der Waals surface area (Å²) in [6.45, 7) is 3.86. The first-order chi connectivity index (χ1) is 8.69. The summed E-state index contributed by atoms with van der Waals surface area (Å²) in [5.41, 5.74) is 3.61. The quantitative estimate of drug-likeness (QED) is 0.697. The normalized spacial score (nSPS) is 8.44. The summed E-state index contributed by atoms with van der Waals surface area (Å²) in [5, 5.41) is 16.9. The fraction of sp³-hybridized carbons (Fsp3) is 0.125. The Morgan fingerprint density at radius 2 is 1.00 bits per heavy atom. The predicted octanol–water partition coefficient (Wildman–Crippen LogP) is 3.73. The third-order valence-corrected chi connectivity index (χ3v) is 2.53. The molecule has 0 N–H and O–H groups in total. The highest BCUT2D eigenvalue weighted by Crippen LogP contribution is 2.04. The van der Waals surface area contributed by atoms with Gasteiger partial charge >= 0.3 is 0 Å². The van der Waals surface area contributed by atoms with Crippen LogP contribution < -0.4 is 0 Å². The molecule has 2 aromatic rings. The lowest BCUT2D eigenvalue weighted by molar-refractivity contribution is 1.39. The van der Waals surface area contributed by atoms with E-state index in [1.54, 1.807) is 0 Å². The molecular formula is C16H14N2. The Kier molecular flexibility index (Phi) is 5.16. The zero-order valence-corrected chi connectivity index (χ0v) is 10.5. The van der Waals surface area contributed by atoms with Crippen LogP contribution in [0.15, 0.2) is 48.5 Å². The first-order valence-electron chi connectivity index (χ1n) is 5.60. The molecule has 88 valence electrons. The van der Waals surface area contributed by atoms with E-state index in [9.17, 15) is 0 Å². The highest BCUT2D eigenvalue weighted by atomic mass is 14.2. The number of benzene rings is 2. The summed E-state index contributed by atoms with van der Waals surface area (Å²) in [5.74, 6) is 0. The van der Waals surface area contributed by atoms with Gasteiger partial charge in [0.1, 0.15) is 0 Å². The lowest BCUT2D eigenvalue weighted by Crippen LogP contribution is -1.77.